The maximum Gasteiger partial charge on any atom is 0.343 e. The number of hydrogen-bond donors (Lipinski definition) is 1. The van der Waals surface area contributed by atoms with Crippen molar-refractivity contribution in [2.45, 2.75) is 25.2 Å². The van der Waals surface area contributed by atoms with Crippen molar-refractivity contribution in [1.82, 2.24) is 19.7 Å². The lowest BCUT2D eigenvalue weighted by Gasteiger charge is -2.33. The average Bonchev–Trinajstić information content (AvgIpc) is 3.19. The first kappa shape index (κ1) is 14.9. The predicted molar refractivity (Wildman–Crippen MR) is 87.0 cm³/mol. The summed E-state index contributed by atoms with van der Waals surface area (Å²) in [5.74, 6) is 0.573. The van der Waals surface area contributed by atoms with Crippen molar-refractivity contribution in [1.29, 1.82) is 0 Å². The number of fused-ring (bicyclic) bond motifs is 1. The van der Waals surface area contributed by atoms with E-state index in [4.69, 9.17) is 4.74 Å². The Balaban J connectivity index is 1.45. The van der Waals surface area contributed by atoms with Crippen molar-refractivity contribution in [2.24, 2.45) is 0 Å². The molecule has 1 unspecified atom stereocenters. The zero-order valence-corrected chi connectivity index (χ0v) is 13.1. The van der Waals surface area contributed by atoms with E-state index in [-0.39, 0.29) is 11.6 Å². The lowest BCUT2D eigenvalue weighted by atomic mass is 10.0. The van der Waals surface area contributed by atoms with Gasteiger partial charge >= 0.3 is 5.69 Å². The van der Waals surface area contributed by atoms with Crippen molar-refractivity contribution < 1.29 is 9.53 Å². The summed E-state index contributed by atoms with van der Waals surface area (Å²) in [6.45, 7) is 1.84. The number of hydrogen-bond acceptors (Lipinski definition) is 4. The highest BCUT2D eigenvalue weighted by Gasteiger charge is 2.44. The molecule has 1 N–H and O–H groups in total. The molecule has 7 nitrogen and oxygen atoms in total. The van der Waals surface area contributed by atoms with Crippen LogP contribution in [0.5, 0.6) is 0 Å². The van der Waals surface area contributed by atoms with Gasteiger partial charge in [0.15, 0.2) is 5.82 Å². The lowest BCUT2D eigenvalue weighted by Crippen LogP contribution is -2.46. The molecule has 124 valence electrons. The van der Waals surface area contributed by atoms with Gasteiger partial charge in [-0.05, 0) is 18.1 Å². The highest BCUT2D eigenvalue weighted by atomic mass is 16.5. The van der Waals surface area contributed by atoms with E-state index in [1.807, 2.05) is 36.4 Å². The summed E-state index contributed by atoms with van der Waals surface area (Å²) in [7, 11) is 0. The molecule has 0 bridgehead atoms. The molecular formula is C17H18N4O3. The van der Waals surface area contributed by atoms with Crippen LogP contribution in [0, 0.1) is 0 Å². The number of aromatic nitrogens is 3. The quantitative estimate of drug-likeness (QED) is 0.827. The van der Waals surface area contributed by atoms with Gasteiger partial charge in [-0.15, -0.1) is 0 Å². The Labute approximate surface area is 138 Å². The molecule has 1 saturated heterocycles. The molecule has 7 heteroatoms. The Kier molecular flexibility index (Phi) is 3.57. The molecule has 1 atom stereocenters. The zero-order chi connectivity index (χ0) is 16.6. The monoisotopic (exact) mass is 326 g/mol. The van der Waals surface area contributed by atoms with E-state index in [2.05, 4.69) is 10.2 Å². The molecule has 0 aliphatic carbocycles. The SMILES string of the molecule is O=C(/C=C/c1ccccc1)N1CCC2(C1)Cn1c(n[nH]c1=O)CO2. The molecule has 3 heterocycles. The van der Waals surface area contributed by atoms with Crippen LogP contribution in [0.15, 0.2) is 41.2 Å². The molecule has 1 aromatic heterocycles. The minimum absolute atomic E-state index is 0.0373. The molecule has 1 fully saturated rings. The highest BCUT2D eigenvalue weighted by molar-refractivity contribution is 5.92. The largest absolute Gasteiger partial charge is 0.363 e. The van der Waals surface area contributed by atoms with Gasteiger partial charge in [0.25, 0.3) is 0 Å². The van der Waals surface area contributed by atoms with Crippen LogP contribution >= 0.6 is 0 Å². The minimum atomic E-state index is -0.489. The van der Waals surface area contributed by atoms with Crippen LogP contribution in [0.2, 0.25) is 0 Å². The van der Waals surface area contributed by atoms with E-state index < -0.39 is 5.60 Å². The number of benzene rings is 1. The maximum absolute atomic E-state index is 12.4. The van der Waals surface area contributed by atoms with Crippen LogP contribution in [0.1, 0.15) is 17.8 Å². The van der Waals surface area contributed by atoms with Gasteiger partial charge in [0.1, 0.15) is 12.2 Å². The third-order valence-electron chi connectivity index (χ3n) is 4.64. The van der Waals surface area contributed by atoms with E-state index in [0.717, 1.165) is 12.0 Å². The fraction of sp³-hybridized carbons (Fsp3) is 0.353. The van der Waals surface area contributed by atoms with Gasteiger partial charge in [-0.3, -0.25) is 9.36 Å². The van der Waals surface area contributed by atoms with Crippen LogP contribution in [0.4, 0.5) is 0 Å². The number of carbonyl (C=O) groups is 1. The van der Waals surface area contributed by atoms with E-state index in [1.54, 1.807) is 15.5 Å². The topological polar surface area (TPSA) is 80.2 Å². The summed E-state index contributed by atoms with van der Waals surface area (Å²) in [5.41, 5.74) is 0.279. The standard InChI is InChI=1S/C17H18N4O3/c22-15(7-6-13-4-2-1-3-5-13)20-9-8-17(11-20)12-21-14(10-24-17)18-19-16(21)23/h1-7H,8-12H2,(H,19,23)/b7-6+. The van der Waals surface area contributed by atoms with Crippen molar-refractivity contribution >= 4 is 12.0 Å². The molecule has 24 heavy (non-hydrogen) atoms. The average molecular weight is 326 g/mol. The summed E-state index contributed by atoms with van der Waals surface area (Å²) in [6, 6.07) is 9.71. The molecular weight excluding hydrogens is 308 g/mol. The Bertz CT molecular complexity index is 839. The summed E-state index contributed by atoms with van der Waals surface area (Å²) in [4.78, 5) is 26.0. The lowest BCUT2D eigenvalue weighted by molar-refractivity contribution is -0.128. The number of nitrogens with one attached hydrogen (secondary N) is 1. The van der Waals surface area contributed by atoms with Gasteiger partial charge in [-0.25, -0.2) is 9.89 Å². The van der Waals surface area contributed by atoms with E-state index in [9.17, 15) is 9.59 Å². The number of amides is 1. The van der Waals surface area contributed by atoms with Gasteiger partial charge in [-0.2, -0.15) is 5.10 Å². The molecule has 1 aromatic carbocycles. The smallest absolute Gasteiger partial charge is 0.343 e. The Morgan fingerprint density at radius 2 is 2.12 bits per heavy atom. The number of rotatable bonds is 2. The fourth-order valence-electron chi connectivity index (χ4n) is 3.29. The van der Waals surface area contributed by atoms with Gasteiger partial charge in [0.05, 0.1) is 13.1 Å². The van der Waals surface area contributed by atoms with Crippen LogP contribution in [-0.2, 0) is 22.7 Å². The molecule has 2 aliphatic heterocycles. The van der Waals surface area contributed by atoms with Crippen LogP contribution in [-0.4, -0.2) is 44.3 Å². The normalized spacial score (nSPS) is 23.1. The number of ether oxygens (including phenoxy) is 1. The maximum atomic E-state index is 12.4. The highest BCUT2D eigenvalue weighted by Crippen LogP contribution is 2.31. The van der Waals surface area contributed by atoms with E-state index in [1.165, 1.54) is 0 Å². The first-order valence-corrected chi connectivity index (χ1v) is 7.95. The second-order valence-electron chi connectivity index (χ2n) is 6.26. The predicted octanol–water partition coefficient (Wildman–Crippen LogP) is 0.786. The minimum Gasteiger partial charge on any atom is -0.363 e. The first-order chi connectivity index (χ1) is 11.7. The molecule has 4 rings (SSSR count). The van der Waals surface area contributed by atoms with E-state index >= 15 is 0 Å². The fourth-order valence-corrected chi connectivity index (χ4v) is 3.29. The number of H-pyrrole nitrogens is 1. The second-order valence-corrected chi connectivity index (χ2v) is 6.26. The van der Waals surface area contributed by atoms with Gasteiger partial charge in [-0.1, -0.05) is 30.3 Å². The molecule has 2 aliphatic rings. The summed E-state index contributed by atoms with van der Waals surface area (Å²) >= 11 is 0. The van der Waals surface area contributed by atoms with Crippen molar-refractivity contribution in [3.8, 4) is 0 Å². The van der Waals surface area contributed by atoms with Crippen molar-refractivity contribution in [2.75, 3.05) is 13.1 Å². The Morgan fingerprint density at radius 1 is 1.29 bits per heavy atom. The molecule has 2 aromatic rings. The number of nitrogens with zero attached hydrogens (tertiary/aromatic N) is 3. The van der Waals surface area contributed by atoms with Gasteiger partial charge in [0.2, 0.25) is 5.91 Å². The summed E-state index contributed by atoms with van der Waals surface area (Å²) < 4.78 is 7.56. The van der Waals surface area contributed by atoms with Crippen LogP contribution in [0.25, 0.3) is 6.08 Å². The third kappa shape index (κ3) is 2.67. The van der Waals surface area contributed by atoms with Crippen molar-refractivity contribution in [3.05, 3.63) is 58.3 Å². The summed E-state index contributed by atoms with van der Waals surface area (Å²) in [5, 5.41) is 6.38. The molecule has 1 spiro atoms. The number of likely N-dealkylation sites (tertiary alicyclic amines) is 1. The van der Waals surface area contributed by atoms with Gasteiger partial charge in [0, 0.05) is 12.6 Å². The van der Waals surface area contributed by atoms with Crippen LogP contribution < -0.4 is 5.69 Å². The van der Waals surface area contributed by atoms with Crippen LogP contribution in [0.3, 0.4) is 0 Å². The molecule has 0 radical (unpaired) electrons. The summed E-state index contributed by atoms with van der Waals surface area (Å²) in [6.07, 6.45) is 4.12. The zero-order valence-electron chi connectivity index (χ0n) is 13.1. The number of aromatic amines is 1. The second kappa shape index (κ2) is 5.76. The molecule has 1 amide bonds. The van der Waals surface area contributed by atoms with Crippen molar-refractivity contribution in [3.63, 3.8) is 0 Å². The number of carbonyl (C=O) groups excluding carboxylic acids is 1. The third-order valence-corrected chi connectivity index (χ3v) is 4.64. The first-order valence-electron chi connectivity index (χ1n) is 7.95. The Morgan fingerprint density at radius 3 is 2.96 bits per heavy atom. The van der Waals surface area contributed by atoms with Gasteiger partial charge < -0.3 is 9.64 Å². The Hall–Kier alpha value is -2.67. The van der Waals surface area contributed by atoms with E-state index in [0.29, 0.717) is 32.1 Å². The molecule has 0 saturated carbocycles.